The average molecular weight is 254 g/mol. The minimum Gasteiger partial charge on any atom is -0.351 e. The zero-order chi connectivity index (χ0) is 13.4. The van der Waals surface area contributed by atoms with Crippen LogP contribution in [0.15, 0.2) is 42.9 Å². The number of nitrogens with zero attached hydrogens (tertiary/aromatic N) is 3. The van der Waals surface area contributed by atoms with Crippen molar-refractivity contribution >= 4 is 22.5 Å². The number of amides is 1. The van der Waals surface area contributed by atoms with Crippen molar-refractivity contribution in [3.63, 3.8) is 0 Å². The second kappa shape index (κ2) is 4.28. The van der Waals surface area contributed by atoms with Crippen molar-refractivity contribution in [2.75, 3.05) is 5.32 Å². The van der Waals surface area contributed by atoms with Crippen molar-refractivity contribution in [2.24, 2.45) is 14.1 Å². The fraction of sp³-hybridized carbons (Fsp3) is 0.143. The summed E-state index contributed by atoms with van der Waals surface area (Å²) >= 11 is 0. The number of rotatable bonds is 2. The topological polar surface area (TPSA) is 51.9 Å². The van der Waals surface area contributed by atoms with Gasteiger partial charge in [-0.3, -0.25) is 9.48 Å². The summed E-state index contributed by atoms with van der Waals surface area (Å²) in [6, 6.07) is 7.66. The predicted octanol–water partition coefficient (Wildman–Crippen LogP) is 2.16. The van der Waals surface area contributed by atoms with Crippen molar-refractivity contribution in [3.05, 3.63) is 48.4 Å². The minimum atomic E-state index is -0.121. The Morgan fingerprint density at radius 3 is 2.84 bits per heavy atom. The maximum atomic E-state index is 12.3. The summed E-state index contributed by atoms with van der Waals surface area (Å²) in [5, 5.41) is 7.83. The molecule has 0 aliphatic carbocycles. The zero-order valence-corrected chi connectivity index (χ0v) is 10.8. The molecule has 0 spiro atoms. The molecule has 1 N–H and O–H groups in total. The number of aryl methyl sites for hydroxylation is 2. The van der Waals surface area contributed by atoms with Crippen LogP contribution in [0.1, 0.15) is 10.4 Å². The molecule has 0 aliphatic rings. The Bertz CT molecular complexity index is 754. The lowest BCUT2D eigenvalue weighted by Gasteiger charge is -2.04. The van der Waals surface area contributed by atoms with E-state index in [1.54, 1.807) is 17.1 Å². The smallest absolute Gasteiger partial charge is 0.256 e. The van der Waals surface area contributed by atoms with Gasteiger partial charge in [0.2, 0.25) is 0 Å². The summed E-state index contributed by atoms with van der Waals surface area (Å²) in [4.78, 5) is 12.3. The van der Waals surface area contributed by atoms with Gasteiger partial charge in [-0.05, 0) is 18.2 Å². The number of carbonyl (C=O) groups excluding carboxylic acids is 1. The molecule has 0 unspecified atom stereocenters. The fourth-order valence-electron chi connectivity index (χ4n) is 2.18. The fourth-order valence-corrected chi connectivity index (χ4v) is 2.18. The van der Waals surface area contributed by atoms with Gasteiger partial charge in [0.25, 0.3) is 5.91 Å². The summed E-state index contributed by atoms with van der Waals surface area (Å²) in [5.74, 6) is -0.121. The Kier molecular flexibility index (Phi) is 2.59. The van der Waals surface area contributed by atoms with Crippen LogP contribution < -0.4 is 5.32 Å². The number of hydrogen-bond donors (Lipinski definition) is 1. The van der Waals surface area contributed by atoms with Gasteiger partial charge in [-0.25, -0.2) is 0 Å². The number of anilines is 1. The Morgan fingerprint density at radius 1 is 1.26 bits per heavy atom. The van der Waals surface area contributed by atoms with Crippen molar-refractivity contribution in [2.45, 2.75) is 0 Å². The summed E-state index contributed by atoms with van der Waals surface area (Å²) < 4.78 is 3.65. The lowest BCUT2D eigenvalue weighted by Crippen LogP contribution is -2.11. The predicted molar refractivity (Wildman–Crippen MR) is 74.1 cm³/mol. The van der Waals surface area contributed by atoms with Gasteiger partial charge in [0, 0.05) is 43.0 Å². The molecule has 5 heteroatoms. The van der Waals surface area contributed by atoms with Crippen LogP contribution in [0.2, 0.25) is 0 Å². The van der Waals surface area contributed by atoms with E-state index in [0.717, 1.165) is 10.9 Å². The highest BCUT2D eigenvalue weighted by Gasteiger charge is 2.12. The van der Waals surface area contributed by atoms with Gasteiger partial charge in [0.05, 0.1) is 11.9 Å². The van der Waals surface area contributed by atoms with E-state index in [-0.39, 0.29) is 5.91 Å². The van der Waals surface area contributed by atoms with E-state index in [1.165, 1.54) is 0 Å². The molecule has 1 aromatic carbocycles. The first kappa shape index (κ1) is 11.5. The van der Waals surface area contributed by atoms with E-state index in [4.69, 9.17) is 0 Å². The Balaban J connectivity index is 1.97. The van der Waals surface area contributed by atoms with Crippen LogP contribution in [0.4, 0.5) is 5.69 Å². The number of fused-ring (bicyclic) bond motifs is 1. The van der Waals surface area contributed by atoms with Gasteiger partial charge in [0.1, 0.15) is 0 Å². The molecule has 2 aromatic heterocycles. The van der Waals surface area contributed by atoms with E-state index < -0.39 is 0 Å². The monoisotopic (exact) mass is 254 g/mol. The van der Waals surface area contributed by atoms with Crippen LogP contribution in [0.25, 0.3) is 10.9 Å². The van der Waals surface area contributed by atoms with Crippen molar-refractivity contribution < 1.29 is 4.79 Å². The SMILES string of the molecule is Cn1cc(NC(=O)c2cccc3c2ccn3C)cn1. The molecule has 0 radical (unpaired) electrons. The van der Waals surface area contributed by atoms with Gasteiger partial charge in [-0.15, -0.1) is 0 Å². The highest BCUT2D eigenvalue weighted by atomic mass is 16.1. The van der Waals surface area contributed by atoms with Gasteiger partial charge in [-0.2, -0.15) is 5.10 Å². The number of hydrogen-bond acceptors (Lipinski definition) is 2. The standard InChI is InChI=1S/C14H14N4O/c1-17-7-6-11-12(4-3-5-13(11)17)14(19)16-10-8-15-18(2)9-10/h3-9H,1-2H3,(H,16,19). The molecule has 19 heavy (non-hydrogen) atoms. The van der Waals surface area contributed by atoms with Crippen LogP contribution in [-0.4, -0.2) is 20.3 Å². The molecule has 0 saturated carbocycles. The van der Waals surface area contributed by atoms with Crippen LogP contribution in [0.5, 0.6) is 0 Å². The van der Waals surface area contributed by atoms with Crippen LogP contribution in [0, 0.1) is 0 Å². The Hall–Kier alpha value is -2.56. The zero-order valence-electron chi connectivity index (χ0n) is 10.8. The van der Waals surface area contributed by atoms with Crippen molar-refractivity contribution in [3.8, 4) is 0 Å². The Labute approximate surface area is 110 Å². The molecule has 0 fully saturated rings. The second-order valence-electron chi connectivity index (χ2n) is 4.52. The lowest BCUT2D eigenvalue weighted by molar-refractivity contribution is 0.102. The molecule has 96 valence electrons. The molecular formula is C14H14N4O. The van der Waals surface area contributed by atoms with Crippen molar-refractivity contribution in [1.82, 2.24) is 14.3 Å². The third kappa shape index (κ3) is 1.99. The average Bonchev–Trinajstić information content (AvgIpc) is 2.96. The molecule has 0 aliphatic heterocycles. The van der Waals surface area contributed by atoms with E-state index in [0.29, 0.717) is 11.3 Å². The molecule has 0 bridgehead atoms. The molecular weight excluding hydrogens is 240 g/mol. The molecule has 0 saturated heterocycles. The molecule has 2 heterocycles. The first-order valence-corrected chi connectivity index (χ1v) is 5.99. The summed E-state index contributed by atoms with van der Waals surface area (Å²) in [6.07, 6.45) is 5.34. The maximum absolute atomic E-state index is 12.3. The third-order valence-electron chi connectivity index (χ3n) is 3.14. The van der Waals surface area contributed by atoms with E-state index in [9.17, 15) is 4.79 Å². The summed E-state index contributed by atoms with van der Waals surface area (Å²) in [6.45, 7) is 0. The molecule has 3 rings (SSSR count). The highest BCUT2D eigenvalue weighted by Crippen LogP contribution is 2.20. The van der Waals surface area contributed by atoms with Gasteiger partial charge < -0.3 is 9.88 Å². The van der Waals surface area contributed by atoms with E-state index in [1.807, 2.05) is 49.1 Å². The largest absolute Gasteiger partial charge is 0.351 e. The Morgan fingerprint density at radius 2 is 2.11 bits per heavy atom. The number of benzene rings is 1. The maximum Gasteiger partial charge on any atom is 0.256 e. The summed E-state index contributed by atoms with van der Waals surface area (Å²) in [5.41, 5.74) is 2.40. The quantitative estimate of drug-likeness (QED) is 0.762. The van der Waals surface area contributed by atoms with Crippen LogP contribution >= 0.6 is 0 Å². The third-order valence-corrected chi connectivity index (χ3v) is 3.14. The van der Waals surface area contributed by atoms with Crippen molar-refractivity contribution in [1.29, 1.82) is 0 Å². The van der Waals surface area contributed by atoms with Crippen LogP contribution in [0.3, 0.4) is 0 Å². The van der Waals surface area contributed by atoms with Crippen LogP contribution in [-0.2, 0) is 14.1 Å². The second-order valence-corrected chi connectivity index (χ2v) is 4.52. The number of aromatic nitrogens is 3. The van der Waals surface area contributed by atoms with Gasteiger partial charge in [0.15, 0.2) is 0 Å². The van der Waals surface area contributed by atoms with E-state index >= 15 is 0 Å². The molecule has 3 aromatic rings. The first-order chi connectivity index (χ1) is 9.15. The normalized spacial score (nSPS) is 10.8. The number of nitrogens with one attached hydrogen (secondary N) is 1. The molecule has 0 atom stereocenters. The van der Waals surface area contributed by atoms with E-state index in [2.05, 4.69) is 10.4 Å². The summed E-state index contributed by atoms with van der Waals surface area (Å²) in [7, 11) is 3.78. The van der Waals surface area contributed by atoms with Gasteiger partial charge >= 0.3 is 0 Å². The first-order valence-electron chi connectivity index (χ1n) is 5.99. The lowest BCUT2D eigenvalue weighted by atomic mass is 10.1. The highest BCUT2D eigenvalue weighted by molar-refractivity contribution is 6.12. The molecule has 5 nitrogen and oxygen atoms in total. The molecule has 1 amide bonds. The van der Waals surface area contributed by atoms with Gasteiger partial charge in [-0.1, -0.05) is 6.07 Å². The minimum absolute atomic E-state index is 0.121. The number of carbonyl (C=O) groups is 1.